The van der Waals surface area contributed by atoms with Crippen LogP contribution in [0.2, 0.25) is 5.02 Å². The van der Waals surface area contributed by atoms with Crippen molar-refractivity contribution in [3.63, 3.8) is 0 Å². The van der Waals surface area contributed by atoms with Crippen LogP contribution in [0.1, 0.15) is 27.4 Å². The number of carboxylic acid groups (broad SMARTS) is 1. The summed E-state index contributed by atoms with van der Waals surface area (Å²) in [5.74, 6) is -2.01. The number of halogens is 1. The van der Waals surface area contributed by atoms with Gasteiger partial charge in [0.05, 0.1) is 23.2 Å². The summed E-state index contributed by atoms with van der Waals surface area (Å²) in [5, 5.41) is 18.0. The number of hydrogen-bond acceptors (Lipinski definition) is 3. The first-order valence-electron chi connectivity index (χ1n) is 8.65. The zero-order chi connectivity index (χ0) is 19.1. The number of benzene rings is 2. The lowest BCUT2D eigenvalue weighted by atomic mass is 9.89. The van der Waals surface area contributed by atoms with Crippen LogP contribution < -0.4 is 0 Å². The van der Waals surface area contributed by atoms with Crippen LogP contribution in [-0.4, -0.2) is 45.2 Å². The molecule has 2 aromatic carbocycles. The summed E-state index contributed by atoms with van der Waals surface area (Å²) in [6.07, 6.45) is 1.68. The van der Waals surface area contributed by atoms with Crippen molar-refractivity contribution in [1.29, 1.82) is 0 Å². The van der Waals surface area contributed by atoms with Crippen molar-refractivity contribution in [2.45, 2.75) is 12.8 Å². The molecule has 1 aliphatic rings. The van der Waals surface area contributed by atoms with Crippen LogP contribution >= 0.6 is 11.6 Å². The highest BCUT2D eigenvalue weighted by Gasteiger charge is 2.41. The van der Waals surface area contributed by atoms with Crippen molar-refractivity contribution >= 4 is 34.4 Å². The molecule has 1 fully saturated rings. The number of nitrogens with zero attached hydrogens (tertiary/aromatic N) is 2. The number of hydrogen-bond donors (Lipinski definition) is 2. The molecule has 0 aliphatic carbocycles. The monoisotopic (exact) mass is 383 g/mol. The van der Waals surface area contributed by atoms with Gasteiger partial charge in [-0.25, -0.2) is 0 Å². The number of fused-ring (bicyclic) bond motifs is 1. The van der Waals surface area contributed by atoms with Gasteiger partial charge < -0.3 is 10.0 Å². The number of aryl methyl sites for hydroxylation is 1. The van der Waals surface area contributed by atoms with Gasteiger partial charge in [-0.1, -0.05) is 23.7 Å². The number of carboxylic acids is 1. The average molecular weight is 384 g/mol. The second-order valence-corrected chi connectivity index (χ2v) is 7.40. The molecule has 27 heavy (non-hydrogen) atoms. The Morgan fingerprint density at radius 1 is 1.22 bits per heavy atom. The molecule has 6 nitrogen and oxygen atoms in total. The number of H-pyrrole nitrogens is 1. The van der Waals surface area contributed by atoms with Gasteiger partial charge in [0.15, 0.2) is 0 Å². The lowest BCUT2D eigenvalue weighted by Gasteiger charge is -2.17. The molecule has 4 rings (SSSR count). The maximum absolute atomic E-state index is 13.2. The van der Waals surface area contributed by atoms with E-state index in [1.807, 2.05) is 31.2 Å². The van der Waals surface area contributed by atoms with Gasteiger partial charge in [0.1, 0.15) is 0 Å². The van der Waals surface area contributed by atoms with Gasteiger partial charge in [0, 0.05) is 29.4 Å². The van der Waals surface area contributed by atoms with E-state index in [1.165, 1.54) is 0 Å². The molecule has 0 radical (unpaired) electrons. The molecule has 2 atom stereocenters. The fourth-order valence-corrected chi connectivity index (χ4v) is 3.94. The molecule has 0 spiro atoms. The van der Waals surface area contributed by atoms with Crippen LogP contribution in [0.25, 0.3) is 10.9 Å². The Hall–Kier alpha value is -2.86. The highest BCUT2D eigenvalue weighted by molar-refractivity contribution is 6.30. The van der Waals surface area contributed by atoms with Gasteiger partial charge in [-0.05, 0) is 42.3 Å². The van der Waals surface area contributed by atoms with Gasteiger partial charge in [0.2, 0.25) is 0 Å². The minimum Gasteiger partial charge on any atom is -0.481 e. The van der Waals surface area contributed by atoms with Gasteiger partial charge in [0.25, 0.3) is 5.91 Å². The van der Waals surface area contributed by atoms with Crippen LogP contribution in [-0.2, 0) is 4.79 Å². The Balaban J connectivity index is 1.68. The van der Waals surface area contributed by atoms with Crippen LogP contribution in [0.3, 0.4) is 0 Å². The minimum atomic E-state index is -0.902. The highest BCUT2D eigenvalue weighted by atomic mass is 35.5. The van der Waals surface area contributed by atoms with Crippen LogP contribution in [0.15, 0.2) is 42.6 Å². The lowest BCUT2D eigenvalue weighted by Crippen LogP contribution is -2.30. The number of likely N-dealkylation sites (tertiary alicyclic amines) is 1. The van der Waals surface area contributed by atoms with Crippen LogP contribution in [0, 0.1) is 12.8 Å². The van der Waals surface area contributed by atoms with E-state index in [9.17, 15) is 14.7 Å². The van der Waals surface area contributed by atoms with E-state index in [1.54, 1.807) is 23.2 Å². The summed E-state index contributed by atoms with van der Waals surface area (Å²) in [4.78, 5) is 26.6. The predicted molar refractivity (Wildman–Crippen MR) is 102 cm³/mol. The zero-order valence-corrected chi connectivity index (χ0v) is 15.4. The first kappa shape index (κ1) is 17.5. The van der Waals surface area contributed by atoms with Crippen molar-refractivity contribution < 1.29 is 14.7 Å². The van der Waals surface area contributed by atoms with Crippen molar-refractivity contribution in [1.82, 2.24) is 15.1 Å². The Morgan fingerprint density at radius 2 is 1.96 bits per heavy atom. The third kappa shape index (κ3) is 3.17. The number of aromatic nitrogens is 2. The zero-order valence-electron chi connectivity index (χ0n) is 14.6. The molecular formula is C20H18ClN3O3. The maximum Gasteiger partial charge on any atom is 0.308 e. The van der Waals surface area contributed by atoms with Gasteiger partial charge in [-0.15, -0.1) is 0 Å². The topological polar surface area (TPSA) is 86.3 Å². The summed E-state index contributed by atoms with van der Waals surface area (Å²) in [7, 11) is 0. The summed E-state index contributed by atoms with van der Waals surface area (Å²) >= 11 is 5.95. The number of aromatic amines is 1. The molecule has 0 unspecified atom stereocenters. The number of rotatable bonds is 3. The molecule has 3 aromatic rings. The summed E-state index contributed by atoms with van der Waals surface area (Å²) < 4.78 is 0. The summed E-state index contributed by atoms with van der Waals surface area (Å²) in [6.45, 7) is 2.44. The molecule has 2 heterocycles. The fourth-order valence-electron chi connectivity index (χ4n) is 3.81. The van der Waals surface area contributed by atoms with Crippen molar-refractivity contribution in [3.05, 3.63) is 64.3 Å². The van der Waals surface area contributed by atoms with E-state index < -0.39 is 11.9 Å². The van der Waals surface area contributed by atoms with Crippen molar-refractivity contribution in [3.8, 4) is 0 Å². The quantitative estimate of drug-likeness (QED) is 0.725. The van der Waals surface area contributed by atoms with Gasteiger partial charge >= 0.3 is 5.97 Å². The molecule has 2 N–H and O–H groups in total. The second kappa shape index (κ2) is 6.70. The lowest BCUT2D eigenvalue weighted by molar-refractivity contribution is -0.141. The summed E-state index contributed by atoms with van der Waals surface area (Å²) in [6, 6.07) is 10.9. The van der Waals surface area contributed by atoms with Gasteiger partial charge in [-0.3, -0.25) is 14.7 Å². The van der Waals surface area contributed by atoms with E-state index >= 15 is 0 Å². The maximum atomic E-state index is 13.2. The minimum absolute atomic E-state index is 0.172. The Kier molecular flexibility index (Phi) is 4.36. The molecule has 138 valence electrons. The normalized spacial score (nSPS) is 19.6. The second-order valence-electron chi connectivity index (χ2n) is 6.96. The Bertz CT molecular complexity index is 1030. The Morgan fingerprint density at radius 3 is 2.67 bits per heavy atom. The number of nitrogens with one attached hydrogen (secondary N) is 1. The van der Waals surface area contributed by atoms with Crippen molar-refractivity contribution in [2.24, 2.45) is 5.92 Å². The van der Waals surface area contributed by atoms with E-state index in [-0.39, 0.29) is 18.4 Å². The van der Waals surface area contributed by atoms with E-state index in [2.05, 4.69) is 10.2 Å². The number of aliphatic carboxylic acids is 1. The first-order valence-corrected chi connectivity index (χ1v) is 9.03. The van der Waals surface area contributed by atoms with E-state index in [0.717, 1.165) is 16.5 Å². The van der Waals surface area contributed by atoms with Crippen LogP contribution in [0.5, 0.6) is 0 Å². The average Bonchev–Trinajstić information content (AvgIpc) is 3.28. The molecule has 1 aliphatic heterocycles. The third-order valence-corrected chi connectivity index (χ3v) is 5.40. The number of amides is 1. The smallest absolute Gasteiger partial charge is 0.308 e. The first-order chi connectivity index (χ1) is 12.9. The molecular weight excluding hydrogens is 366 g/mol. The van der Waals surface area contributed by atoms with Crippen LogP contribution in [0.4, 0.5) is 0 Å². The standard InChI is InChI=1S/C20H18ClN3O3/c1-11-6-13-8-22-23-18(13)15(7-11)19(25)24-9-16(17(10-24)20(26)27)12-2-4-14(21)5-3-12/h2-8,16-17H,9-10H2,1H3,(H,22,23)(H,26,27)/t16-,17+/m0/s1. The molecule has 7 heteroatoms. The largest absolute Gasteiger partial charge is 0.481 e. The SMILES string of the molecule is Cc1cc(C(=O)N2C[C@@H](C(=O)O)[C@H](c3ccc(Cl)cc3)C2)c2[nH]ncc2c1. The van der Waals surface area contributed by atoms with Crippen molar-refractivity contribution in [2.75, 3.05) is 13.1 Å². The molecule has 0 bridgehead atoms. The highest BCUT2D eigenvalue weighted by Crippen LogP contribution is 2.35. The van der Waals surface area contributed by atoms with Gasteiger partial charge in [-0.2, -0.15) is 5.10 Å². The summed E-state index contributed by atoms with van der Waals surface area (Å²) in [5.41, 5.74) is 3.02. The number of carbonyl (C=O) groups excluding carboxylic acids is 1. The van der Waals surface area contributed by atoms with E-state index in [4.69, 9.17) is 11.6 Å². The fraction of sp³-hybridized carbons (Fsp3) is 0.250. The molecule has 1 saturated heterocycles. The molecule has 0 saturated carbocycles. The predicted octanol–water partition coefficient (Wildman–Crippen LogP) is 3.47. The third-order valence-electron chi connectivity index (χ3n) is 5.15. The number of carbonyl (C=O) groups is 2. The molecule has 1 amide bonds. The Labute approximate surface area is 160 Å². The van der Waals surface area contributed by atoms with E-state index in [0.29, 0.717) is 22.6 Å². The molecule has 1 aromatic heterocycles.